The van der Waals surface area contributed by atoms with Crippen molar-refractivity contribution in [3.05, 3.63) is 57.2 Å². The number of nitrogens with one attached hydrogen (secondary N) is 1. The highest BCUT2D eigenvalue weighted by Gasteiger charge is 2.25. The van der Waals surface area contributed by atoms with Crippen LogP contribution in [-0.4, -0.2) is 36.0 Å². The topological polar surface area (TPSA) is 58.4 Å². The highest BCUT2D eigenvalue weighted by atomic mass is 35.5. The smallest absolute Gasteiger partial charge is 0.237 e. The molecule has 1 aliphatic rings. The Morgan fingerprint density at radius 1 is 1.38 bits per heavy atom. The quantitative estimate of drug-likeness (QED) is 0.829. The first-order valence-corrected chi connectivity index (χ1v) is 9.41. The minimum Gasteiger partial charge on any atom is -0.351 e. The van der Waals surface area contributed by atoms with E-state index in [0.717, 1.165) is 36.0 Å². The van der Waals surface area contributed by atoms with Gasteiger partial charge in [0.25, 0.3) is 0 Å². The number of rotatable bonds is 6. The molecule has 3 rings (SSSR count). The monoisotopic (exact) mass is 363 g/mol. The fraction of sp³-hybridized carbons (Fsp3) is 0.389. The van der Waals surface area contributed by atoms with E-state index in [9.17, 15) is 4.79 Å². The predicted molar refractivity (Wildman–Crippen MR) is 99.3 cm³/mol. The molecule has 4 nitrogen and oxygen atoms in total. The standard InChI is InChI=1S/C18H22ClN3OS/c19-14-5-3-13(4-6-14)11-22-8-7-15(12-22)21-18(23)17(20)10-16-2-1-9-24-16/h1-6,9,15,17H,7-8,10-12,20H2,(H,21,23)/t15-,17-/m1/s1. The molecule has 24 heavy (non-hydrogen) atoms. The summed E-state index contributed by atoms with van der Waals surface area (Å²) in [5, 5.41) is 5.85. The summed E-state index contributed by atoms with van der Waals surface area (Å²) >= 11 is 7.55. The van der Waals surface area contributed by atoms with Crippen molar-refractivity contribution in [2.45, 2.75) is 31.5 Å². The molecule has 1 fully saturated rings. The fourth-order valence-electron chi connectivity index (χ4n) is 2.99. The largest absolute Gasteiger partial charge is 0.351 e. The number of amides is 1. The Morgan fingerprint density at radius 2 is 2.17 bits per heavy atom. The Hall–Kier alpha value is -1.40. The van der Waals surface area contributed by atoms with Gasteiger partial charge in [0.2, 0.25) is 5.91 Å². The molecular formula is C18H22ClN3OS. The van der Waals surface area contributed by atoms with Crippen LogP contribution in [0.4, 0.5) is 0 Å². The average Bonchev–Trinajstić information content (AvgIpc) is 3.22. The molecule has 1 saturated heterocycles. The summed E-state index contributed by atoms with van der Waals surface area (Å²) < 4.78 is 0. The molecule has 0 saturated carbocycles. The molecule has 0 unspecified atom stereocenters. The molecule has 1 amide bonds. The number of benzene rings is 1. The van der Waals surface area contributed by atoms with Crippen molar-refractivity contribution in [1.29, 1.82) is 0 Å². The van der Waals surface area contributed by atoms with Gasteiger partial charge in [0.15, 0.2) is 0 Å². The molecule has 0 aliphatic carbocycles. The summed E-state index contributed by atoms with van der Waals surface area (Å²) in [5.74, 6) is -0.0539. The van der Waals surface area contributed by atoms with Crippen molar-refractivity contribution in [2.75, 3.05) is 13.1 Å². The summed E-state index contributed by atoms with van der Waals surface area (Å²) in [7, 11) is 0. The van der Waals surface area contributed by atoms with Gasteiger partial charge in [0.1, 0.15) is 0 Å². The number of hydrogen-bond acceptors (Lipinski definition) is 4. The number of carbonyl (C=O) groups is 1. The lowest BCUT2D eigenvalue weighted by atomic mass is 10.1. The van der Waals surface area contributed by atoms with Gasteiger partial charge < -0.3 is 11.1 Å². The molecule has 0 bridgehead atoms. The number of carbonyl (C=O) groups excluding carboxylic acids is 1. The number of likely N-dealkylation sites (tertiary alicyclic amines) is 1. The Labute approximate surface area is 151 Å². The van der Waals surface area contributed by atoms with Crippen LogP contribution < -0.4 is 11.1 Å². The third-order valence-corrected chi connectivity index (χ3v) is 5.43. The molecule has 6 heteroatoms. The van der Waals surface area contributed by atoms with Gasteiger partial charge in [-0.3, -0.25) is 9.69 Å². The van der Waals surface area contributed by atoms with Crippen molar-refractivity contribution in [2.24, 2.45) is 5.73 Å². The van der Waals surface area contributed by atoms with Gasteiger partial charge in [-0.15, -0.1) is 11.3 Å². The van der Waals surface area contributed by atoms with E-state index in [1.54, 1.807) is 11.3 Å². The van der Waals surface area contributed by atoms with Gasteiger partial charge in [-0.2, -0.15) is 0 Å². The Morgan fingerprint density at radius 3 is 2.88 bits per heavy atom. The second-order valence-corrected chi connectivity index (χ2v) is 7.71. The molecule has 2 atom stereocenters. The van der Waals surface area contributed by atoms with E-state index in [0.29, 0.717) is 6.42 Å². The Bertz CT molecular complexity index is 659. The first-order valence-electron chi connectivity index (χ1n) is 8.15. The molecular weight excluding hydrogens is 342 g/mol. The lowest BCUT2D eigenvalue weighted by molar-refractivity contribution is -0.122. The highest BCUT2D eigenvalue weighted by molar-refractivity contribution is 7.09. The van der Waals surface area contributed by atoms with Crippen LogP contribution in [0.1, 0.15) is 16.9 Å². The van der Waals surface area contributed by atoms with E-state index in [4.69, 9.17) is 17.3 Å². The Kier molecular flexibility index (Phi) is 5.89. The normalized spacial score (nSPS) is 19.3. The van der Waals surface area contributed by atoms with E-state index < -0.39 is 6.04 Å². The zero-order valence-electron chi connectivity index (χ0n) is 13.5. The van der Waals surface area contributed by atoms with E-state index >= 15 is 0 Å². The Balaban J connectivity index is 1.45. The number of hydrogen-bond donors (Lipinski definition) is 2. The van der Waals surface area contributed by atoms with Gasteiger partial charge in [-0.05, 0) is 35.6 Å². The maximum atomic E-state index is 12.3. The first-order chi connectivity index (χ1) is 11.6. The van der Waals surface area contributed by atoms with Crippen LogP contribution in [-0.2, 0) is 17.8 Å². The summed E-state index contributed by atoms with van der Waals surface area (Å²) in [6, 6.07) is 11.6. The highest BCUT2D eigenvalue weighted by Crippen LogP contribution is 2.16. The maximum absolute atomic E-state index is 12.3. The van der Waals surface area contributed by atoms with Crippen molar-refractivity contribution >= 4 is 28.8 Å². The second-order valence-electron chi connectivity index (χ2n) is 6.25. The third kappa shape index (κ3) is 4.80. The average molecular weight is 364 g/mol. The molecule has 3 N–H and O–H groups in total. The minimum absolute atomic E-state index is 0.0539. The number of nitrogens with two attached hydrogens (primary N) is 1. The SMILES string of the molecule is N[C@H](Cc1cccs1)C(=O)N[C@@H]1CCN(Cc2ccc(Cl)cc2)C1. The van der Waals surface area contributed by atoms with Crippen molar-refractivity contribution in [3.8, 4) is 0 Å². The number of nitrogens with zero attached hydrogens (tertiary/aromatic N) is 1. The molecule has 0 radical (unpaired) electrons. The molecule has 1 aromatic carbocycles. The van der Waals surface area contributed by atoms with Crippen LogP contribution in [0.5, 0.6) is 0 Å². The minimum atomic E-state index is -0.478. The van der Waals surface area contributed by atoms with E-state index in [1.807, 2.05) is 41.8 Å². The predicted octanol–water partition coefficient (Wildman–Crippen LogP) is 2.66. The number of halogens is 1. The number of thiophene rings is 1. The zero-order valence-corrected chi connectivity index (χ0v) is 15.0. The molecule has 1 aromatic heterocycles. The maximum Gasteiger partial charge on any atom is 0.237 e. The fourth-order valence-corrected chi connectivity index (χ4v) is 3.88. The van der Waals surface area contributed by atoms with Crippen LogP contribution in [0.2, 0.25) is 5.02 Å². The van der Waals surface area contributed by atoms with Gasteiger partial charge in [0.05, 0.1) is 6.04 Å². The lowest BCUT2D eigenvalue weighted by Gasteiger charge is -2.18. The van der Waals surface area contributed by atoms with Crippen LogP contribution in [0, 0.1) is 0 Å². The zero-order chi connectivity index (χ0) is 16.9. The van der Waals surface area contributed by atoms with Crippen molar-refractivity contribution in [3.63, 3.8) is 0 Å². The summed E-state index contributed by atoms with van der Waals surface area (Å²) in [5.41, 5.74) is 7.26. The molecule has 0 spiro atoms. The van der Waals surface area contributed by atoms with Crippen LogP contribution in [0.15, 0.2) is 41.8 Å². The van der Waals surface area contributed by atoms with Gasteiger partial charge in [-0.1, -0.05) is 29.8 Å². The van der Waals surface area contributed by atoms with E-state index in [2.05, 4.69) is 10.2 Å². The van der Waals surface area contributed by atoms with Gasteiger partial charge >= 0.3 is 0 Å². The molecule has 2 aromatic rings. The summed E-state index contributed by atoms with van der Waals surface area (Å²) in [6.45, 7) is 2.72. The van der Waals surface area contributed by atoms with Crippen molar-refractivity contribution in [1.82, 2.24) is 10.2 Å². The van der Waals surface area contributed by atoms with Gasteiger partial charge in [0, 0.05) is 42.0 Å². The van der Waals surface area contributed by atoms with Crippen LogP contribution in [0.3, 0.4) is 0 Å². The third-order valence-electron chi connectivity index (χ3n) is 4.28. The molecule has 128 valence electrons. The van der Waals surface area contributed by atoms with Crippen LogP contribution in [0.25, 0.3) is 0 Å². The first kappa shape index (κ1) is 17.4. The van der Waals surface area contributed by atoms with E-state index in [-0.39, 0.29) is 11.9 Å². The summed E-state index contributed by atoms with van der Waals surface area (Å²) in [6.07, 6.45) is 1.57. The van der Waals surface area contributed by atoms with E-state index in [1.165, 1.54) is 5.56 Å². The summed E-state index contributed by atoms with van der Waals surface area (Å²) in [4.78, 5) is 15.8. The van der Waals surface area contributed by atoms with Crippen molar-refractivity contribution < 1.29 is 4.79 Å². The molecule has 2 heterocycles. The lowest BCUT2D eigenvalue weighted by Crippen LogP contribution is -2.47. The molecule has 1 aliphatic heterocycles. The van der Waals surface area contributed by atoms with Crippen LogP contribution >= 0.6 is 22.9 Å². The second kappa shape index (κ2) is 8.12. The van der Waals surface area contributed by atoms with Gasteiger partial charge in [-0.25, -0.2) is 0 Å².